The van der Waals surface area contributed by atoms with Crippen LogP contribution < -0.4 is 10.2 Å². The van der Waals surface area contributed by atoms with Crippen molar-refractivity contribution in [3.05, 3.63) is 53.6 Å². The smallest absolute Gasteiger partial charge is 0.221 e. The molecule has 2 aromatic carbocycles. The Hall–Kier alpha value is -2.66. The number of hydrogen-bond donors (Lipinski definition) is 1. The predicted octanol–water partition coefficient (Wildman–Crippen LogP) is 5.72. The lowest BCUT2D eigenvalue weighted by atomic mass is 10.1. The molecular formula is C25H31ClN4O. The zero-order valence-electron chi connectivity index (χ0n) is 18.7. The molecule has 1 heterocycles. The van der Waals surface area contributed by atoms with Gasteiger partial charge in [-0.05, 0) is 37.5 Å². The van der Waals surface area contributed by atoms with Crippen LogP contribution in [-0.4, -0.2) is 35.0 Å². The SMILES string of the molecule is CCC(C)NC(=O)CCN(CC(C)C)c1nc(-c2ccccc2)nc2cc(Cl)ccc12. The number of rotatable bonds is 9. The largest absolute Gasteiger partial charge is 0.355 e. The second-order valence-electron chi connectivity index (χ2n) is 8.36. The molecule has 0 aliphatic heterocycles. The van der Waals surface area contributed by atoms with Crippen molar-refractivity contribution >= 4 is 34.2 Å². The lowest BCUT2D eigenvalue weighted by Gasteiger charge is -2.27. The average Bonchev–Trinajstić information content (AvgIpc) is 2.75. The van der Waals surface area contributed by atoms with Crippen molar-refractivity contribution in [2.75, 3.05) is 18.0 Å². The van der Waals surface area contributed by atoms with Crippen LogP contribution in [0.5, 0.6) is 0 Å². The van der Waals surface area contributed by atoms with E-state index < -0.39 is 0 Å². The first-order chi connectivity index (χ1) is 14.9. The summed E-state index contributed by atoms with van der Waals surface area (Å²) in [5, 5.41) is 4.63. The zero-order chi connectivity index (χ0) is 22.4. The molecule has 1 aromatic heterocycles. The number of anilines is 1. The van der Waals surface area contributed by atoms with Gasteiger partial charge in [-0.2, -0.15) is 0 Å². The van der Waals surface area contributed by atoms with Gasteiger partial charge in [0.1, 0.15) is 5.82 Å². The van der Waals surface area contributed by atoms with Gasteiger partial charge in [0.25, 0.3) is 0 Å². The number of aromatic nitrogens is 2. The summed E-state index contributed by atoms with van der Waals surface area (Å²) in [7, 11) is 0. The third-order valence-corrected chi connectivity index (χ3v) is 5.42. The Morgan fingerprint density at radius 2 is 1.84 bits per heavy atom. The number of nitrogens with one attached hydrogen (secondary N) is 1. The molecule has 1 unspecified atom stereocenters. The summed E-state index contributed by atoms with van der Waals surface area (Å²) in [6, 6.07) is 15.8. The normalized spacial score (nSPS) is 12.2. The van der Waals surface area contributed by atoms with E-state index in [0.29, 0.717) is 29.7 Å². The number of benzene rings is 2. The molecule has 3 rings (SSSR count). The molecular weight excluding hydrogens is 408 g/mol. The van der Waals surface area contributed by atoms with Crippen LogP contribution in [0, 0.1) is 5.92 Å². The molecule has 0 saturated carbocycles. The molecule has 164 valence electrons. The zero-order valence-corrected chi connectivity index (χ0v) is 19.5. The topological polar surface area (TPSA) is 58.1 Å². The highest BCUT2D eigenvalue weighted by Crippen LogP contribution is 2.30. The fourth-order valence-corrected chi connectivity index (χ4v) is 3.62. The minimum absolute atomic E-state index is 0.0628. The second kappa shape index (κ2) is 10.6. The molecule has 0 spiro atoms. The van der Waals surface area contributed by atoms with Gasteiger partial charge in [0.05, 0.1) is 5.52 Å². The first-order valence-corrected chi connectivity index (χ1v) is 11.3. The Labute approximate surface area is 189 Å². The van der Waals surface area contributed by atoms with Crippen molar-refractivity contribution in [3.63, 3.8) is 0 Å². The highest BCUT2D eigenvalue weighted by molar-refractivity contribution is 6.31. The highest BCUT2D eigenvalue weighted by atomic mass is 35.5. The number of amides is 1. The summed E-state index contributed by atoms with van der Waals surface area (Å²) in [6.45, 7) is 9.81. The fraction of sp³-hybridized carbons (Fsp3) is 0.400. The third-order valence-electron chi connectivity index (χ3n) is 5.18. The number of halogens is 1. The van der Waals surface area contributed by atoms with E-state index in [1.54, 1.807) is 0 Å². The van der Waals surface area contributed by atoms with Gasteiger partial charge in [-0.3, -0.25) is 4.79 Å². The summed E-state index contributed by atoms with van der Waals surface area (Å²) in [6.07, 6.45) is 1.33. The van der Waals surface area contributed by atoms with E-state index in [2.05, 4.69) is 31.0 Å². The Morgan fingerprint density at radius 1 is 1.10 bits per heavy atom. The van der Waals surface area contributed by atoms with Gasteiger partial charge in [0.2, 0.25) is 5.91 Å². The van der Waals surface area contributed by atoms with E-state index in [9.17, 15) is 4.79 Å². The minimum atomic E-state index is 0.0628. The van der Waals surface area contributed by atoms with Crippen LogP contribution in [0.25, 0.3) is 22.3 Å². The molecule has 0 radical (unpaired) electrons. The second-order valence-corrected chi connectivity index (χ2v) is 8.80. The molecule has 0 saturated heterocycles. The van der Waals surface area contributed by atoms with Gasteiger partial charge in [-0.1, -0.05) is 62.7 Å². The van der Waals surface area contributed by atoms with Gasteiger partial charge in [0, 0.05) is 41.5 Å². The van der Waals surface area contributed by atoms with Crippen molar-refractivity contribution in [1.29, 1.82) is 0 Å². The van der Waals surface area contributed by atoms with Crippen molar-refractivity contribution in [2.24, 2.45) is 5.92 Å². The lowest BCUT2D eigenvalue weighted by molar-refractivity contribution is -0.121. The standard InChI is InChI=1S/C25H31ClN4O/c1-5-18(4)27-23(31)13-14-30(16-17(2)3)25-21-12-11-20(26)15-22(21)28-24(29-25)19-9-7-6-8-10-19/h6-12,15,17-18H,5,13-14,16H2,1-4H3,(H,27,31). The maximum Gasteiger partial charge on any atom is 0.221 e. The monoisotopic (exact) mass is 438 g/mol. The summed E-state index contributed by atoms with van der Waals surface area (Å²) in [5.41, 5.74) is 1.75. The maximum atomic E-state index is 12.4. The summed E-state index contributed by atoms with van der Waals surface area (Å²) >= 11 is 6.27. The average molecular weight is 439 g/mol. The van der Waals surface area contributed by atoms with E-state index in [-0.39, 0.29) is 11.9 Å². The van der Waals surface area contributed by atoms with E-state index in [1.807, 2.05) is 55.5 Å². The van der Waals surface area contributed by atoms with E-state index >= 15 is 0 Å². The van der Waals surface area contributed by atoms with Crippen LogP contribution in [0.3, 0.4) is 0 Å². The Morgan fingerprint density at radius 3 is 2.52 bits per heavy atom. The van der Waals surface area contributed by atoms with Crippen LogP contribution in [0.15, 0.2) is 48.5 Å². The Balaban J connectivity index is 2.01. The molecule has 3 aromatic rings. The molecule has 1 amide bonds. The van der Waals surface area contributed by atoms with E-state index in [1.165, 1.54) is 0 Å². The number of carbonyl (C=O) groups excluding carboxylic acids is 1. The highest BCUT2D eigenvalue weighted by Gasteiger charge is 2.18. The first kappa shape index (κ1) is 23.0. The van der Waals surface area contributed by atoms with Crippen LogP contribution in [0.4, 0.5) is 5.82 Å². The number of carbonyl (C=O) groups is 1. The Kier molecular flexibility index (Phi) is 7.85. The van der Waals surface area contributed by atoms with Crippen molar-refractivity contribution in [2.45, 2.75) is 46.6 Å². The number of hydrogen-bond acceptors (Lipinski definition) is 4. The molecule has 0 aliphatic rings. The fourth-order valence-electron chi connectivity index (χ4n) is 3.45. The number of fused-ring (bicyclic) bond motifs is 1. The quantitative estimate of drug-likeness (QED) is 0.464. The lowest BCUT2D eigenvalue weighted by Crippen LogP contribution is -2.36. The van der Waals surface area contributed by atoms with E-state index in [4.69, 9.17) is 21.6 Å². The van der Waals surface area contributed by atoms with Gasteiger partial charge in [-0.25, -0.2) is 9.97 Å². The van der Waals surface area contributed by atoms with Gasteiger partial charge in [0.15, 0.2) is 5.82 Å². The predicted molar refractivity (Wildman–Crippen MR) is 130 cm³/mol. The summed E-state index contributed by atoms with van der Waals surface area (Å²) in [5.74, 6) is 1.97. The molecule has 1 N–H and O–H groups in total. The van der Waals surface area contributed by atoms with Crippen LogP contribution in [0.1, 0.15) is 40.5 Å². The molecule has 0 bridgehead atoms. The molecule has 5 nitrogen and oxygen atoms in total. The summed E-state index contributed by atoms with van der Waals surface area (Å²) < 4.78 is 0. The van der Waals surface area contributed by atoms with Crippen molar-refractivity contribution < 1.29 is 4.79 Å². The molecule has 0 fully saturated rings. The van der Waals surface area contributed by atoms with Crippen LogP contribution >= 0.6 is 11.6 Å². The van der Waals surface area contributed by atoms with Crippen molar-refractivity contribution in [1.82, 2.24) is 15.3 Å². The Bertz CT molecular complexity index is 1020. The first-order valence-electron chi connectivity index (χ1n) is 10.9. The molecule has 1 atom stereocenters. The maximum absolute atomic E-state index is 12.4. The molecule has 0 aliphatic carbocycles. The summed E-state index contributed by atoms with van der Waals surface area (Å²) in [4.78, 5) is 24.4. The van der Waals surface area contributed by atoms with Crippen molar-refractivity contribution in [3.8, 4) is 11.4 Å². The number of nitrogens with zero attached hydrogens (tertiary/aromatic N) is 3. The van der Waals surface area contributed by atoms with Crippen LogP contribution in [0.2, 0.25) is 5.02 Å². The third kappa shape index (κ3) is 6.17. The minimum Gasteiger partial charge on any atom is -0.355 e. The van der Waals surface area contributed by atoms with E-state index in [0.717, 1.165) is 35.2 Å². The van der Waals surface area contributed by atoms with Gasteiger partial charge < -0.3 is 10.2 Å². The molecule has 6 heteroatoms. The van der Waals surface area contributed by atoms with Gasteiger partial charge >= 0.3 is 0 Å². The molecule has 31 heavy (non-hydrogen) atoms. The van der Waals surface area contributed by atoms with Gasteiger partial charge in [-0.15, -0.1) is 0 Å². The van der Waals surface area contributed by atoms with Crippen LogP contribution in [-0.2, 0) is 4.79 Å².